The lowest BCUT2D eigenvalue weighted by molar-refractivity contribution is -0.136. The lowest BCUT2D eigenvalue weighted by atomic mass is 9.82. The van der Waals surface area contributed by atoms with Crippen LogP contribution in [-0.4, -0.2) is 0 Å². The molecule has 0 N–H and O–H groups in total. The second-order valence-corrected chi connectivity index (χ2v) is 11.1. The van der Waals surface area contributed by atoms with Crippen LogP contribution in [0.3, 0.4) is 0 Å². The predicted octanol–water partition coefficient (Wildman–Crippen LogP) is 9.09. The zero-order valence-corrected chi connectivity index (χ0v) is 20.0. The van der Waals surface area contributed by atoms with Gasteiger partial charge in [0, 0.05) is 24.1 Å². The van der Waals surface area contributed by atoms with Crippen molar-refractivity contribution in [1.82, 2.24) is 0 Å². The highest BCUT2D eigenvalue weighted by molar-refractivity contribution is 14.1. The van der Waals surface area contributed by atoms with Crippen molar-refractivity contribution >= 4 is 54.1 Å². The molecule has 0 fully saturated rings. The standard InChI is InChI=1S/C25H22F3IS/c1-24(2,3)19-12-5-4-9-18(19)21(29)14-15-8-6-10-16-17-11-7-13-20(25(26,27)28)23(17)30-22(15)16/h4-13,21H,14H2,1-3H3. The van der Waals surface area contributed by atoms with Gasteiger partial charge >= 0.3 is 6.18 Å². The monoisotopic (exact) mass is 538 g/mol. The molecule has 0 radical (unpaired) electrons. The third-order valence-electron chi connectivity index (χ3n) is 5.42. The molecule has 4 rings (SSSR count). The first-order valence-electron chi connectivity index (χ1n) is 9.81. The van der Waals surface area contributed by atoms with Crippen LogP contribution in [0.25, 0.3) is 20.2 Å². The molecule has 5 heteroatoms. The lowest BCUT2D eigenvalue weighted by Crippen LogP contribution is -2.15. The van der Waals surface area contributed by atoms with Crippen molar-refractivity contribution in [2.24, 2.45) is 0 Å². The van der Waals surface area contributed by atoms with Crippen molar-refractivity contribution in [2.75, 3.05) is 0 Å². The van der Waals surface area contributed by atoms with E-state index in [4.69, 9.17) is 0 Å². The van der Waals surface area contributed by atoms with Crippen molar-refractivity contribution in [1.29, 1.82) is 0 Å². The van der Waals surface area contributed by atoms with E-state index in [-0.39, 0.29) is 9.34 Å². The van der Waals surface area contributed by atoms with E-state index in [0.29, 0.717) is 10.1 Å². The number of alkyl halides is 4. The number of benzene rings is 3. The molecule has 156 valence electrons. The molecular weight excluding hydrogens is 516 g/mol. The van der Waals surface area contributed by atoms with E-state index in [2.05, 4.69) is 73.7 Å². The summed E-state index contributed by atoms with van der Waals surface area (Å²) in [5.41, 5.74) is 3.19. The van der Waals surface area contributed by atoms with Crippen LogP contribution < -0.4 is 0 Å². The highest BCUT2D eigenvalue weighted by Gasteiger charge is 2.33. The zero-order chi connectivity index (χ0) is 21.7. The Balaban J connectivity index is 1.82. The van der Waals surface area contributed by atoms with Gasteiger partial charge in [0.15, 0.2) is 0 Å². The highest BCUT2D eigenvalue weighted by atomic mass is 127. The molecular formula is C25H22F3IS. The Morgan fingerprint density at radius 2 is 1.40 bits per heavy atom. The maximum absolute atomic E-state index is 13.5. The summed E-state index contributed by atoms with van der Waals surface area (Å²) in [5, 5.41) is 1.60. The average molecular weight is 538 g/mol. The van der Waals surface area contributed by atoms with Gasteiger partial charge in [0.1, 0.15) is 0 Å². The SMILES string of the molecule is CC(C)(C)c1ccccc1C(I)Cc1cccc2c1sc1c(C(F)(F)F)cccc12. The first-order chi connectivity index (χ1) is 14.1. The molecule has 1 atom stereocenters. The van der Waals surface area contributed by atoms with E-state index in [9.17, 15) is 13.2 Å². The Bertz CT molecular complexity index is 1210. The van der Waals surface area contributed by atoms with E-state index in [0.717, 1.165) is 22.1 Å². The quantitative estimate of drug-likeness (QED) is 0.180. The number of hydrogen-bond acceptors (Lipinski definition) is 1. The highest BCUT2D eigenvalue weighted by Crippen LogP contribution is 2.44. The fourth-order valence-electron chi connectivity index (χ4n) is 4.02. The number of halogens is 4. The lowest BCUT2D eigenvalue weighted by Gasteiger charge is -2.25. The minimum atomic E-state index is -4.35. The number of fused-ring (bicyclic) bond motifs is 3. The number of rotatable bonds is 3. The molecule has 0 aliphatic carbocycles. The van der Waals surface area contributed by atoms with Gasteiger partial charge < -0.3 is 0 Å². The third-order valence-corrected chi connectivity index (χ3v) is 7.86. The van der Waals surface area contributed by atoms with Crippen molar-refractivity contribution in [3.63, 3.8) is 0 Å². The van der Waals surface area contributed by atoms with Crippen LogP contribution in [0.15, 0.2) is 60.7 Å². The second-order valence-electron chi connectivity index (χ2n) is 8.58. The molecule has 30 heavy (non-hydrogen) atoms. The van der Waals surface area contributed by atoms with Crippen LogP contribution in [-0.2, 0) is 18.0 Å². The molecule has 0 aliphatic rings. The van der Waals surface area contributed by atoms with Crippen molar-refractivity contribution < 1.29 is 13.2 Å². The molecule has 1 unspecified atom stereocenters. The molecule has 0 nitrogen and oxygen atoms in total. The van der Waals surface area contributed by atoms with Crippen LogP contribution in [0.5, 0.6) is 0 Å². The molecule has 4 aromatic rings. The summed E-state index contributed by atoms with van der Waals surface area (Å²) >= 11 is 3.74. The summed E-state index contributed by atoms with van der Waals surface area (Å²) in [6, 6.07) is 18.9. The Hall–Kier alpha value is -1.60. The van der Waals surface area contributed by atoms with E-state index in [1.807, 2.05) is 12.1 Å². The van der Waals surface area contributed by atoms with E-state index >= 15 is 0 Å². The smallest absolute Gasteiger partial charge is 0.166 e. The molecule has 0 amide bonds. The zero-order valence-electron chi connectivity index (χ0n) is 17.0. The minimum absolute atomic E-state index is 0.0330. The third kappa shape index (κ3) is 3.98. The van der Waals surface area contributed by atoms with Crippen LogP contribution in [0.4, 0.5) is 13.2 Å². The van der Waals surface area contributed by atoms with Gasteiger partial charge in [0.2, 0.25) is 0 Å². The van der Waals surface area contributed by atoms with Gasteiger partial charge in [-0.1, -0.05) is 98.0 Å². The Labute approximate surface area is 192 Å². The molecule has 0 saturated heterocycles. The molecule has 0 aliphatic heterocycles. The fraction of sp³-hybridized carbons (Fsp3) is 0.280. The average Bonchev–Trinajstić information content (AvgIpc) is 3.06. The normalized spacial score (nSPS) is 13.8. The van der Waals surface area contributed by atoms with Crippen molar-refractivity contribution in [3.8, 4) is 0 Å². The Morgan fingerprint density at radius 3 is 2.07 bits per heavy atom. The minimum Gasteiger partial charge on any atom is -0.166 e. The van der Waals surface area contributed by atoms with Crippen LogP contribution in [0.1, 0.15) is 46.9 Å². The second kappa shape index (κ2) is 7.83. The number of thiophene rings is 1. The fourth-order valence-corrected chi connectivity index (χ4v) is 6.39. The first kappa shape index (κ1) is 21.6. The molecule has 0 bridgehead atoms. The van der Waals surface area contributed by atoms with Gasteiger partial charge in [-0.25, -0.2) is 0 Å². The first-order valence-corrected chi connectivity index (χ1v) is 11.9. The maximum Gasteiger partial charge on any atom is 0.417 e. The van der Waals surface area contributed by atoms with Gasteiger partial charge in [0.05, 0.1) is 5.56 Å². The molecule has 1 heterocycles. The summed E-state index contributed by atoms with van der Waals surface area (Å²) in [4.78, 5) is 0. The van der Waals surface area contributed by atoms with Crippen LogP contribution >= 0.6 is 33.9 Å². The van der Waals surface area contributed by atoms with Gasteiger partial charge in [-0.05, 0) is 34.6 Å². The van der Waals surface area contributed by atoms with Gasteiger partial charge in [-0.3, -0.25) is 0 Å². The maximum atomic E-state index is 13.5. The Morgan fingerprint density at radius 1 is 0.800 bits per heavy atom. The van der Waals surface area contributed by atoms with E-state index < -0.39 is 11.7 Å². The predicted molar refractivity (Wildman–Crippen MR) is 130 cm³/mol. The number of hydrogen-bond donors (Lipinski definition) is 0. The summed E-state index contributed by atoms with van der Waals surface area (Å²) < 4.78 is 42.1. The summed E-state index contributed by atoms with van der Waals surface area (Å²) in [6.45, 7) is 6.63. The van der Waals surface area contributed by atoms with E-state index in [1.54, 1.807) is 6.07 Å². The molecule has 0 saturated carbocycles. The van der Waals surface area contributed by atoms with Crippen LogP contribution in [0.2, 0.25) is 0 Å². The summed E-state index contributed by atoms with van der Waals surface area (Å²) in [5.74, 6) is 0. The summed E-state index contributed by atoms with van der Waals surface area (Å²) in [7, 11) is 0. The van der Waals surface area contributed by atoms with Gasteiger partial charge in [-0.15, -0.1) is 11.3 Å². The largest absolute Gasteiger partial charge is 0.417 e. The summed E-state index contributed by atoms with van der Waals surface area (Å²) in [6.07, 6.45) is -3.57. The molecule has 3 aromatic carbocycles. The van der Waals surface area contributed by atoms with Crippen LogP contribution in [0, 0.1) is 0 Å². The van der Waals surface area contributed by atoms with Gasteiger partial charge in [0.25, 0.3) is 0 Å². The van der Waals surface area contributed by atoms with Gasteiger partial charge in [-0.2, -0.15) is 13.2 Å². The molecule has 0 spiro atoms. The molecule has 1 aromatic heterocycles. The Kier molecular flexibility index (Phi) is 5.64. The van der Waals surface area contributed by atoms with E-state index in [1.165, 1.54) is 34.6 Å². The topological polar surface area (TPSA) is 0 Å². The van der Waals surface area contributed by atoms with Crippen molar-refractivity contribution in [3.05, 3.63) is 82.9 Å². The van der Waals surface area contributed by atoms with Crippen molar-refractivity contribution in [2.45, 2.75) is 42.7 Å².